The van der Waals surface area contributed by atoms with Crippen molar-refractivity contribution >= 4 is 17.6 Å². The van der Waals surface area contributed by atoms with Crippen molar-refractivity contribution in [3.63, 3.8) is 0 Å². The topological polar surface area (TPSA) is 35.4 Å². The summed E-state index contributed by atoms with van der Waals surface area (Å²) in [6.45, 7) is 1.96. The molecule has 1 aliphatic carbocycles. The summed E-state index contributed by atoms with van der Waals surface area (Å²) in [5.74, 6) is -2.51. The second-order valence-corrected chi connectivity index (χ2v) is 6.19. The Morgan fingerprint density at radius 2 is 1.84 bits per heavy atom. The summed E-state index contributed by atoms with van der Waals surface area (Å²) in [5.41, 5.74) is 1.10. The molecule has 5 heteroatoms. The lowest BCUT2D eigenvalue weighted by Gasteiger charge is -2.25. The molecular formula is C14H17F2NOS. The van der Waals surface area contributed by atoms with Crippen molar-refractivity contribution in [3.8, 4) is 0 Å². The van der Waals surface area contributed by atoms with Crippen LogP contribution in [-0.2, 0) is 11.4 Å². The predicted molar refractivity (Wildman–Crippen MR) is 73.0 cm³/mol. The molecule has 0 bridgehead atoms. The van der Waals surface area contributed by atoms with E-state index in [0.717, 1.165) is 5.56 Å². The number of halogens is 2. The summed E-state index contributed by atoms with van der Waals surface area (Å²) in [5, 5.41) is 0. The fourth-order valence-corrected chi connectivity index (χ4v) is 2.84. The Kier molecular flexibility index (Phi) is 4.58. The maximum Gasteiger partial charge on any atom is 0.248 e. The van der Waals surface area contributed by atoms with E-state index in [0.29, 0.717) is 17.7 Å². The van der Waals surface area contributed by atoms with Gasteiger partial charge in [0.05, 0.1) is 6.21 Å². The van der Waals surface area contributed by atoms with Gasteiger partial charge in [0.15, 0.2) is 4.90 Å². The van der Waals surface area contributed by atoms with E-state index in [-0.39, 0.29) is 18.8 Å². The molecule has 0 aliphatic heterocycles. The van der Waals surface area contributed by atoms with Crippen molar-refractivity contribution in [2.45, 2.75) is 43.4 Å². The fraction of sp³-hybridized carbons (Fsp3) is 0.500. The zero-order valence-electron chi connectivity index (χ0n) is 10.8. The van der Waals surface area contributed by atoms with E-state index in [1.807, 2.05) is 19.1 Å². The molecule has 2 rings (SSSR count). The highest BCUT2D eigenvalue weighted by Crippen LogP contribution is 2.35. The molecule has 0 amide bonds. The molecule has 0 unspecified atom stereocenters. The van der Waals surface area contributed by atoms with Gasteiger partial charge in [0, 0.05) is 12.8 Å². The summed E-state index contributed by atoms with van der Waals surface area (Å²) >= 11 is -1.43. The van der Waals surface area contributed by atoms with Crippen LogP contribution >= 0.6 is 0 Å². The van der Waals surface area contributed by atoms with Gasteiger partial charge in [0.2, 0.25) is 5.92 Å². The van der Waals surface area contributed by atoms with E-state index < -0.39 is 17.3 Å². The standard InChI is InChI=1S/C14H17F2NOS/c1-11-2-4-13(5-3-11)19(18)17-10-12-6-8-14(15,16)9-7-12/h2-5,10,12H,6-9H2,1H3/t19-/m0/s1. The second-order valence-electron chi connectivity index (χ2n) is 5.01. The highest BCUT2D eigenvalue weighted by Gasteiger charge is 2.34. The molecule has 2 nitrogen and oxygen atoms in total. The van der Waals surface area contributed by atoms with Crippen LogP contribution in [0.2, 0.25) is 0 Å². The van der Waals surface area contributed by atoms with Gasteiger partial charge in [-0.05, 0) is 37.8 Å². The van der Waals surface area contributed by atoms with E-state index in [1.165, 1.54) is 0 Å². The highest BCUT2D eigenvalue weighted by atomic mass is 32.2. The molecule has 0 aromatic heterocycles. The summed E-state index contributed by atoms with van der Waals surface area (Å²) in [4.78, 5) is 0.642. The van der Waals surface area contributed by atoms with Gasteiger partial charge in [-0.25, -0.2) is 8.78 Å². The first-order valence-electron chi connectivity index (χ1n) is 6.37. The minimum atomic E-state index is -2.53. The molecule has 19 heavy (non-hydrogen) atoms. The van der Waals surface area contributed by atoms with Crippen LogP contribution in [0.25, 0.3) is 0 Å². The minimum Gasteiger partial charge on any atom is -0.586 e. The molecule has 1 atom stereocenters. The molecule has 1 aromatic carbocycles. The molecule has 1 aromatic rings. The molecule has 0 heterocycles. The number of benzene rings is 1. The van der Waals surface area contributed by atoms with Gasteiger partial charge in [-0.15, -0.1) is 0 Å². The molecule has 1 fully saturated rings. The lowest BCUT2D eigenvalue weighted by atomic mass is 9.88. The van der Waals surface area contributed by atoms with E-state index in [2.05, 4.69) is 4.40 Å². The van der Waals surface area contributed by atoms with Gasteiger partial charge in [0.1, 0.15) is 11.4 Å². The average molecular weight is 285 g/mol. The third-order valence-corrected chi connectivity index (χ3v) is 4.34. The van der Waals surface area contributed by atoms with Crippen molar-refractivity contribution in [1.29, 1.82) is 0 Å². The summed E-state index contributed by atoms with van der Waals surface area (Å²) in [6, 6.07) is 7.31. The lowest BCUT2D eigenvalue weighted by molar-refractivity contribution is -0.0390. The van der Waals surface area contributed by atoms with Crippen molar-refractivity contribution in [2.24, 2.45) is 10.3 Å². The van der Waals surface area contributed by atoms with Crippen molar-refractivity contribution in [3.05, 3.63) is 29.8 Å². The molecule has 0 N–H and O–H groups in total. The number of hydrogen-bond donors (Lipinski definition) is 0. The van der Waals surface area contributed by atoms with Gasteiger partial charge in [-0.1, -0.05) is 22.1 Å². The van der Waals surface area contributed by atoms with Crippen LogP contribution in [-0.4, -0.2) is 16.7 Å². The van der Waals surface area contributed by atoms with E-state index >= 15 is 0 Å². The van der Waals surface area contributed by atoms with E-state index in [1.54, 1.807) is 18.3 Å². The van der Waals surface area contributed by atoms with Crippen LogP contribution in [0, 0.1) is 12.8 Å². The Hall–Kier alpha value is -0.940. The molecule has 104 valence electrons. The normalized spacial score (nSPS) is 21.7. The molecule has 1 aliphatic rings. The Labute approximate surface area is 115 Å². The summed E-state index contributed by atoms with van der Waals surface area (Å²) < 4.78 is 41.8. The Bertz CT molecular complexity index is 437. The van der Waals surface area contributed by atoms with E-state index in [4.69, 9.17) is 0 Å². The first-order valence-corrected chi connectivity index (χ1v) is 7.47. The first kappa shape index (κ1) is 14.5. The molecule has 0 saturated heterocycles. The Balaban J connectivity index is 1.90. The number of alkyl halides is 2. The fourth-order valence-electron chi connectivity index (χ4n) is 2.07. The van der Waals surface area contributed by atoms with Gasteiger partial charge in [0.25, 0.3) is 0 Å². The van der Waals surface area contributed by atoms with Crippen molar-refractivity contribution < 1.29 is 13.3 Å². The van der Waals surface area contributed by atoms with Gasteiger partial charge >= 0.3 is 0 Å². The largest absolute Gasteiger partial charge is 0.586 e. The van der Waals surface area contributed by atoms with Crippen LogP contribution in [0.5, 0.6) is 0 Å². The average Bonchev–Trinajstić information content (AvgIpc) is 2.38. The first-order chi connectivity index (χ1) is 8.96. The predicted octanol–water partition coefficient (Wildman–Crippen LogP) is 3.91. The zero-order chi connectivity index (χ0) is 13.9. The third-order valence-electron chi connectivity index (χ3n) is 3.35. The third kappa shape index (κ3) is 4.28. The Morgan fingerprint density at radius 3 is 2.42 bits per heavy atom. The van der Waals surface area contributed by atoms with Crippen molar-refractivity contribution in [1.82, 2.24) is 0 Å². The molecule has 0 spiro atoms. The van der Waals surface area contributed by atoms with Crippen LogP contribution in [0.1, 0.15) is 31.2 Å². The van der Waals surface area contributed by atoms with Gasteiger partial charge in [-0.3, -0.25) is 0 Å². The maximum absolute atomic E-state index is 13.0. The zero-order valence-corrected chi connectivity index (χ0v) is 11.6. The molecule has 1 saturated carbocycles. The second kappa shape index (κ2) is 6.01. The lowest BCUT2D eigenvalue weighted by Crippen LogP contribution is -2.25. The van der Waals surface area contributed by atoms with Crippen molar-refractivity contribution in [2.75, 3.05) is 0 Å². The SMILES string of the molecule is Cc1ccc([S@+]([O-])N=CC2CCC(F)(F)CC2)cc1. The monoisotopic (exact) mass is 285 g/mol. The van der Waals surface area contributed by atoms with Crippen LogP contribution < -0.4 is 0 Å². The summed E-state index contributed by atoms with van der Waals surface area (Å²) in [7, 11) is 0. The van der Waals surface area contributed by atoms with Crippen LogP contribution in [0.4, 0.5) is 8.78 Å². The molecule has 0 radical (unpaired) electrons. The number of rotatable bonds is 3. The quantitative estimate of drug-likeness (QED) is 0.612. The Morgan fingerprint density at radius 1 is 1.26 bits per heavy atom. The van der Waals surface area contributed by atoms with E-state index in [9.17, 15) is 13.3 Å². The number of hydrogen-bond acceptors (Lipinski definition) is 2. The number of nitrogens with zero attached hydrogens (tertiary/aromatic N) is 1. The highest BCUT2D eigenvalue weighted by molar-refractivity contribution is 7.90. The van der Waals surface area contributed by atoms with Crippen LogP contribution in [0.3, 0.4) is 0 Å². The van der Waals surface area contributed by atoms with Crippen LogP contribution in [0.15, 0.2) is 33.6 Å². The summed E-state index contributed by atoms with van der Waals surface area (Å²) in [6.07, 6.45) is 2.23. The van der Waals surface area contributed by atoms with Gasteiger partial charge < -0.3 is 4.55 Å². The minimum absolute atomic E-state index is 0.0222. The maximum atomic E-state index is 13.0. The smallest absolute Gasteiger partial charge is 0.248 e. The van der Waals surface area contributed by atoms with Gasteiger partial charge in [-0.2, -0.15) is 0 Å². The number of aryl methyl sites for hydroxylation is 1. The molecular weight excluding hydrogens is 268 g/mol.